The molecule has 0 aromatic carbocycles. The smallest absolute Gasteiger partial charge is 0.0859 e. The molecule has 0 aliphatic heterocycles. The highest BCUT2D eigenvalue weighted by atomic mass is 14.8. The molecule has 0 unspecified atom stereocenters. The van der Waals surface area contributed by atoms with E-state index in [1.165, 1.54) is 12.4 Å². The van der Waals surface area contributed by atoms with Crippen LogP contribution in [0.5, 0.6) is 0 Å². The summed E-state index contributed by atoms with van der Waals surface area (Å²) in [5.74, 6) is 0. The van der Waals surface area contributed by atoms with Crippen molar-refractivity contribution in [2.45, 2.75) is 0 Å². The quantitative estimate of drug-likeness (QED) is 0.306. The monoisotopic (exact) mass is 96.1 g/mol. The fourth-order valence-corrected chi connectivity index (χ4v) is 0.148. The number of nitrogens with zero attached hydrogens (tertiary/aromatic N) is 1. The van der Waals surface area contributed by atoms with Crippen molar-refractivity contribution in [1.82, 2.24) is 0 Å². The molecule has 0 atom stereocenters. The Morgan fingerprint density at radius 3 is 2.43 bits per heavy atom. The van der Waals surface area contributed by atoms with Crippen molar-refractivity contribution in [3.8, 4) is 0 Å². The van der Waals surface area contributed by atoms with Crippen LogP contribution in [0.4, 0.5) is 0 Å². The summed E-state index contributed by atoms with van der Waals surface area (Å²) in [6, 6.07) is 0. The molecule has 0 aromatic heterocycles. The molecule has 2 nitrogen and oxygen atoms in total. The standard InChI is InChI=1S/C5H8N2/c1-3-5(2)7-4-6/h3-4H,1-2H2,(H2,6,7). The highest BCUT2D eigenvalue weighted by molar-refractivity contribution is 5.53. The Labute approximate surface area is 43.1 Å². The van der Waals surface area contributed by atoms with Crippen molar-refractivity contribution in [1.29, 1.82) is 0 Å². The van der Waals surface area contributed by atoms with Gasteiger partial charge in [-0.1, -0.05) is 13.2 Å². The lowest BCUT2D eigenvalue weighted by Gasteiger charge is -1.80. The molecule has 0 spiro atoms. The predicted molar refractivity (Wildman–Crippen MR) is 32.0 cm³/mol. The van der Waals surface area contributed by atoms with Crippen LogP contribution in [0.25, 0.3) is 0 Å². The zero-order valence-corrected chi connectivity index (χ0v) is 4.09. The first kappa shape index (κ1) is 5.95. The van der Waals surface area contributed by atoms with Crippen molar-refractivity contribution in [2.24, 2.45) is 10.7 Å². The van der Waals surface area contributed by atoms with E-state index in [0.29, 0.717) is 5.70 Å². The maximum Gasteiger partial charge on any atom is 0.0859 e. The van der Waals surface area contributed by atoms with E-state index in [2.05, 4.69) is 18.2 Å². The zero-order valence-electron chi connectivity index (χ0n) is 4.09. The van der Waals surface area contributed by atoms with Gasteiger partial charge in [0.15, 0.2) is 0 Å². The predicted octanol–water partition coefficient (Wildman–Crippen LogP) is 0.673. The first-order chi connectivity index (χ1) is 3.31. The van der Waals surface area contributed by atoms with Crippen LogP contribution in [0.1, 0.15) is 0 Å². The van der Waals surface area contributed by atoms with Crippen LogP contribution < -0.4 is 5.73 Å². The summed E-state index contributed by atoms with van der Waals surface area (Å²) in [6.45, 7) is 6.88. The molecule has 0 rings (SSSR count). The lowest BCUT2D eigenvalue weighted by Crippen LogP contribution is -1.87. The largest absolute Gasteiger partial charge is 0.390 e. The molecule has 38 valence electrons. The second-order valence-corrected chi connectivity index (χ2v) is 0.974. The first-order valence-electron chi connectivity index (χ1n) is 1.87. The molecule has 0 radical (unpaired) electrons. The molecule has 0 amide bonds. The average Bonchev–Trinajstić information content (AvgIpc) is 1.68. The third-order valence-electron chi connectivity index (χ3n) is 0.476. The molecule has 0 aromatic rings. The Morgan fingerprint density at radius 1 is 1.71 bits per heavy atom. The van der Waals surface area contributed by atoms with Gasteiger partial charge in [0.1, 0.15) is 0 Å². The summed E-state index contributed by atoms with van der Waals surface area (Å²) in [4.78, 5) is 3.58. The molecular formula is C5H8N2. The number of nitrogens with two attached hydrogens (primary N) is 1. The van der Waals surface area contributed by atoms with Gasteiger partial charge in [0.05, 0.1) is 12.0 Å². The van der Waals surface area contributed by atoms with Gasteiger partial charge in [0.25, 0.3) is 0 Å². The van der Waals surface area contributed by atoms with Crippen LogP contribution in [0.2, 0.25) is 0 Å². The molecule has 2 N–H and O–H groups in total. The Balaban J connectivity index is 3.58. The van der Waals surface area contributed by atoms with Gasteiger partial charge in [-0.05, 0) is 6.08 Å². The molecule has 0 fully saturated rings. The van der Waals surface area contributed by atoms with Crippen LogP contribution >= 0.6 is 0 Å². The van der Waals surface area contributed by atoms with Gasteiger partial charge in [-0.2, -0.15) is 0 Å². The highest BCUT2D eigenvalue weighted by Crippen LogP contribution is 1.87. The van der Waals surface area contributed by atoms with E-state index in [4.69, 9.17) is 5.73 Å². The number of aliphatic imine (C=N–C) groups is 1. The minimum Gasteiger partial charge on any atom is -0.390 e. The van der Waals surface area contributed by atoms with Crippen molar-refractivity contribution in [3.05, 3.63) is 24.9 Å². The number of rotatable bonds is 2. The van der Waals surface area contributed by atoms with Gasteiger partial charge in [0, 0.05) is 0 Å². The maximum absolute atomic E-state index is 4.90. The SMILES string of the molecule is C=CC(=C)N=CN. The van der Waals surface area contributed by atoms with E-state index >= 15 is 0 Å². The summed E-state index contributed by atoms with van der Waals surface area (Å²) in [6.07, 6.45) is 2.72. The summed E-state index contributed by atoms with van der Waals surface area (Å²) >= 11 is 0. The lowest BCUT2D eigenvalue weighted by molar-refractivity contribution is 1.44. The minimum atomic E-state index is 0.586. The highest BCUT2D eigenvalue weighted by Gasteiger charge is 1.70. The number of hydrogen-bond acceptors (Lipinski definition) is 1. The van der Waals surface area contributed by atoms with Crippen molar-refractivity contribution >= 4 is 6.34 Å². The first-order valence-corrected chi connectivity index (χ1v) is 1.87. The van der Waals surface area contributed by atoms with Crippen molar-refractivity contribution in [2.75, 3.05) is 0 Å². The van der Waals surface area contributed by atoms with Crippen molar-refractivity contribution in [3.63, 3.8) is 0 Å². The summed E-state index contributed by atoms with van der Waals surface area (Å²) in [7, 11) is 0. The third kappa shape index (κ3) is 2.76. The van der Waals surface area contributed by atoms with Crippen LogP contribution in [0.15, 0.2) is 29.9 Å². The summed E-state index contributed by atoms with van der Waals surface area (Å²) in [5.41, 5.74) is 5.49. The van der Waals surface area contributed by atoms with Crippen LogP contribution in [-0.4, -0.2) is 6.34 Å². The Bertz CT molecular complexity index is 103. The average molecular weight is 96.1 g/mol. The summed E-state index contributed by atoms with van der Waals surface area (Å²) in [5, 5.41) is 0. The van der Waals surface area contributed by atoms with E-state index in [-0.39, 0.29) is 0 Å². The van der Waals surface area contributed by atoms with Gasteiger partial charge >= 0.3 is 0 Å². The molecule has 0 heterocycles. The number of hydrogen-bond donors (Lipinski definition) is 1. The van der Waals surface area contributed by atoms with Gasteiger partial charge < -0.3 is 5.73 Å². The molecule has 2 heteroatoms. The maximum atomic E-state index is 4.90. The normalized spacial score (nSPS) is 9.14. The van der Waals surface area contributed by atoms with E-state index in [0.717, 1.165) is 0 Å². The van der Waals surface area contributed by atoms with E-state index in [1.807, 2.05) is 0 Å². The molecule has 0 aliphatic carbocycles. The third-order valence-corrected chi connectivity index (χ3v) is 0.476. The zero-order chi connectivity index (χ0) is 5.70. The van der Waals surface area contributed by atoms with Crippen molar-refractivity contribution < 1.29 is 0 Å². The van der Waals surface area contributed by atoms with Gasteiger partial charge in [0.2, 0.25) is 0 Å². The lowest BCUT2D eigenvalue weighted by atomic mass is 10.5. The fourth-order valence-electron chi connectivity index (χ4n) is 0.148. The molecule has 0 aliphatic rings. The topological polar surface area (TPSA) is 38.4 Å². The Hall–Kier alpha value is -1.05. The molecule has 0 bridgehead atoms. The van der Waals surface area contributed by atoms with E-state index < -0.39 is 0 Å². The molecule has 0 saturated heterocycles. The summed E-state index contributed by atoms with van der Waals surface area (Å²) < 4.78 is 0. The second kappa shape index (κ2) is 3.15. The number of allylic oxidation sites excluding steroid dienone is 1. The Morgan fingerprint density at radius 2 is 2.29 bits per heavy atom. The molecule has 0 saturated carbocycles. The van der Waals surface area contributed by atoms with Gasteiger partial charge in [-0.15, -0.1) is 0 Å². The minimum absolute atomic E-state index is 0.586. The van der Waals surface area contributed by atoms with Gasteiger partial charge in [-0.3, -0.25) is 0 Å². The fraction of sp³-hybridized carbons (Fsp3) is 0. The molecule has 7 heavy (non-hydrogen) atoms. The van der Waals surface area contributed by atoms with E-state index in [1.54, 1.807) is 0 Å². The molecular weight excluding hydrogens is 88.1 g/mol. The van der Waals surface area contributed by atoms with E-state index in [9.17, 15) is 0 Å². The van der Waals surface area contributed by atoms with Crippen LogP contribution in [0.3, 0.4) is 0 Å². The second-order valence-electron chi connectivity index (χ2n) is 0.974. The van der Waals surface area contributed by atoms with Crippen LogP contribution in [-0.2, 0) is 0 Å². The van der Waals surface area contributed by atoms with Crippen LogP contribution in [0, 0.1) is 0 Å². The van der Waals surface area contributed by atoms with Gasteiger partial charge in [-0.25, -0.2) is 4.99 Å². The Kier molecular flexibility index (Phi) is 2.68.